The van der Waals surface area contributed by atoms with Crippen LogP contribution in [0, 0.1) is 5.41 Å². The fourth-order valence-corrected chi connectivity index (χ4v) is 4.55. The average Bonchev–Trinajstić information content (AvgIpc) is 3.02. The molecule has 0 aliphatic carbocycles. The molecule has 7 nitrogen and oxygen atoms in total. The van der Waals surface area contributed by atoms with Crippen LogP contribution in [0.25, 0.3) is 0 Å². The molecule has 1 spiro atoms. The number of ether oxygens (including phenoxy) is 1. The van der Waals surface area contributed by atoms with Crippen molar-refractivity contribution in [1.82, 2.24) is 9.62 Å². The average molecular weight is 356 g/mol. The van der Waals surface area contributed by atoms with Gasteiger partial charge in [-0.15, -0.1) is 0 Å². The summed E-state index contributed by atoms with van der Waals surface area (Å²) in [7, 11) is -3.29. The van der Waals surface area contributed by atoms with Crippen LogP contribution in [0.2, 0.25) is 0 Å². The molecular weight excluding hydrogens is 332 g/mol. The number of piperidine rings is 1. The van der Waals surface area contributed by atoms with E-state index in [2.05, 4.69) is 4.72 Å². The lowest BCUT2D eigenvalue weighted by Gasteiger charge is -2.48. The smallest absolute Gasteiger partial charge is 0.230 e. The van der Waals surface area contributed by atoms with Gasteiger partial charge in [-0.2, -0.15) is 0 Å². The van der Waals surface area contributed by atoms with Gasteiger partial charge >= 0.3 is 0 Å². The molecule has 24 heavy (non-hydrogen) atoms. The molecule has 1 unspecified atom stereocenters. The molecule has 134 valence electrons. The molecule has 2 fully saturated rings. The van der Waals surface area contributed by atoms with Crippen LogP contribution in [-0.2, 0) is 26.0 Å². The molecule has 3 rings (SSSR count). The SMILES string of the molecule is CS(=O)(=O)NC1COCCC12CCN(C(=O)Cc1ccco1)CC2. The van der Waals surface area contributed by atoms with E-state index in [9.17, 15) is 13.2 Å². The number of sulfonamides is 1. The van der Waals surface area contributed by atoms with E-state index in [1.54, 1.807) is 18.4 Å². The van der Waals surface area contributed by atoms with Crippen LogP contribution in [0.3, 0.4) is 0 Å². The normalized spacial score (nSPS) is 24.2. The number of hydrogen-bond donors (Lipinski definition) is 1. The molecule has 0 aromatic carbocycles. The minimum Gasteiger partial charge on any atom is -0.469 e. The lowest BCUT2D eigenvalue weighted by Crippen LogP contribution is -2.57. The van der Waals surface area contributed by atoms with Crippen LogP contribution < -0.4 is 4.72 Å². The van der Waals surface area contributed by atoms with E-state index in [4.69, 9.17) is 9.15 Å². The summed E-state index contributed by atoms with van der Waals surface area (Å²) < 4.78 is 36.7. The van der Waals surface area contributed by atoms with Crippen molar-refractivity contribution in [3.63, 3.8) is 0 Å². The summed E-state index contributed by atoms with van der Waals surface area (Å²) >= 11 is 0. The predicted octanol–water partition coefficient (Wildman–Crippen LogP) is 0.769. The maximum absolute atomic E-state index is 12.4. The van der Waals surface area contributed by atoms with Crippen LogP contribution in [0.4, 0.5) is 0 Å². The first-order chi connectivity index (χ1) is 11.4. The fraction of sp³-hybridized carbons (Fsp3) is 0.688. The molecule has 0 saturated carbocycles. The number of nitrogens with zero attached hydrogens (tertiary/aromatic N) is 1. The van der Waals surface area contributed by atoms with Gasteiger partial charge < -0.3 is 14.1 Å². The van der Waals surface area contributed by atoms with E-state index >= 15 is 0 Å². The third-order valence-corrected chi connectivity index (χ3v) is 5.85. The molecule has 1 atom stereocenters. The summed E-state index contributed by atoms with van der Waals surface area (Å²) in [4.78, 5) is 14.2. The van der Waals surface area contributed by atoms with Crippen molar-refractivity contribution in [3.05, 3.63) is 24.2 Å². The van der Waals surface area contributed by atoms with Crippen LogP contribution >= 0.6 is 0 Å². The Balaban J connectivity index is 1.62. The molecule has 0 radical (unpaired) electrons. The minimum atomic E-state index is -3.29. The number of amides is 1. The van der Waals surface area contributed by atoms with Gasteiger partial charge in [0.1, 0.15) is 5.76 Å². The maximum atomic E-state index is 12.4. The Morgan fingerprint density at radius 3 is 2.75 bits per heavy atom. The summed E-state index contributed by atoms with van der Waals surface area (Å²) in [6, 6.07) is 3.36. The molecule has 3 heterocycles. The van der Waals surface area contributed by atoms with Gasteiger partial charge in [-0.1, -0.05) is 0 Å². The first-order valence-corrected chi connectivity index (χ1v) is 10.1. The lowest BCUT2D eigenvalue weighted by atomic mass is 9.69. The second-order valence-electron chi connectivity index (χ2n) is 6.77. The van der Waals surface area contributed by atoms with Gasteiger partial charge in [-0.3, -0.25) is 4.79 Å². The number of nitrogens with one attached hydrogen (secondary N) is 1. The van der Waals surface area contributed by atoms with Crippen molar-refractivity contribution in [2.24, 2.45) is 5.41 Å². The molecule has 0 bridgehead atoms. The highest BCUT2D eigenvalue weighted by Gasteiger charge is 2.45. The number of hydrogen-bond acceptors (Lipinski definition) is 5. The number of carbonyl (C=O) groups is 1. The fourth-order valence-electron chi connectivity index (χ4n) is 3.72. The summed E-state index contributed by atoms with van der Waals surface area (Å²) in [6.07, 6.45) is 5.41. The maximum Gasteiger partial charge on any atom is 0.230 e. The Morgan fingerprint density at radius 2 is 2.12 bits per heavy atom. The number of furan rings is 1. The molecule has 8 heteroatoms. The van der Waals surface area contributed by atoms with Crippen molar-refractivity contribution in [2.75, 3.05) is 32.6 Å². The zero-order chi connectivity index (χ0) is 17.2. The van der Waals surface area contributed by atoms with E-state index < -0.39 is 10.0 Å². The largest absolute Gasteiger partial charge is 0.469 e. The van der Waals surface area contributed by atoms with Gasteiger partial charge in [0, 0.05) is 19.7 Å². The Hall–Kier alpha value is -1.38. The van der Waals surface area contributed by atoms with Crippen molar-refractivity contribution < 1.29 is 22.4 Å². The first kappa shape index (κ1) is 17.4. The van der Waals surface area contributed by atoms with Crippen molar-refractivity contribution in [1.29, 1.82) is 0 Å². The van der Waals surface area contributed by atoms with Crippen LogP contribution in [0.5, 0.6) is 0 Å². The standard InChI is InChI=1S/C16H24N2O5S/c1-24(20,21)17-14-12-22-10-6-16(14)4-7-18(8-5-16)15(19)11-13-3-2-9-23-13/h2-3,9,14,17H,4-8,10-12H2,1H3. The third kappa shape index (κ3) is 3.99. The summed E-state index contributed by atoms with van der Waals surface area (Å²) in [5.41, 5.74) is -0.122. The molecule has 2 aliphatic rings. The van der Waals surface area contributed by atoms with Gasteiger partial charge in [0.05, 0.1) is 31.6 Å². The predicted molar refractivity (Wildman–Crippen MR) is 87.9 cm³/mol. The number of rotatable bonds is 4. The quantitative estimate of drug-likeness (QED) is 0.861. The zero-order valence-electron chi connectivity index (χ0n) is 13.9. The van der Waals surface area contributed by atoms with Gasteiger partial charge in [-0.05, 0) is 36.8 Å². The van der Waals surface area contributed by atoms with E-state index in [0.29, 0.717) is 32.1 Å². The van der Waals surface area contributed by atoms with Gasteiger partial charge in [0.25, 0.3) is 0 Å². The lowest BCUT2D eigenvalue weighted by molar-refractivity contribution is -0.135. The monoisotopic (exact) mass is 356 g/mol. The van der Waals surface area contributed by atoms with Gasteiger partial charge in [0.15, 0.2) is 0 Å². The van der Waals surface area contributed by atoms with Gasteiger partial charge in [0.2, 0.25) is 15.9 Å². The topological polar surface area (TPSA) is 88.9 Å². The molecule has 2 aliphatic heterocycles. The summed E-state index contributed by atoms with van der Waals surface area (Å²) in [6.45, 7) is 2.32. The Bertz CT molecular complexity index is 663. The van der Waals surface area contributed by atoms with E-state index in [0.717, 1.165) is 19.3 Å². The highest BCUT2D eigenvalue weighted by Crippen LogP contribution is 2.41. The molecule has 1 aromatic rings. The third-order valence-electron chi connectivity index (χ3n) is 5.14. The summed E-state index contributed by atoms with van der Waals surface area (Å²) in [5, 5.41) is 0. The van der Waals surface area contributed by atoms with E-state index in [1.807, 2.05) is 4.90 Å². The highest BCUT2D eigenvalue weighted by atomic mass is 32.2. The first-order valence-electron chi connectivity index (χ1n) is 8.23. The van der Waals surface area contributed by atoms with Crippen LogP contribution in [0.1, 0.15) is 25.0 Å². The van der Waals surface area contributed by atoms with Crippen molar-refractivity contribution >= 4 is 15.9 Å². The van der Waals surface area contributed by atoms with Crippen molar-refractivity contribution in [3.8, 4) is 0 Å². The molecule has 1 N–H and O–H groups in total. The summed E-state index contributed by atoms with van der Waals surface area (Å²) in [5.74, 6) is 0.724. The Morgan fingerprint density at radius 1 is 1.38 bits per heavy atom. The van der Waals surface area contributed by atoms with E-state index in [-0.39, 0.29) is 23.8 Å². The minimum absolute atomic E-state index is 0.0551. The number of likely N-dealkylation sites (tertiary alicyclic amines) is 1. The second-order valence-corrected chi connectivity index (χ2v) is 8.55. The Labute approximate surface area is 142 Å². The number of carbonyl (C=O) groups excluding carboxylic acids is 1. The van der Waals surface area contributed by atoms with Crippen LogP contribution in [0.15, 0.2) is 22.8 Å². The Kier molecular flexibility index (Phi) is 4.98. The van der Waals surface area contributed by atoms with Crippen molar-refractivity contribution in [2.45, 2.75) is 31.7 Å². The highest BCUT2D eigenvalue weighted by molar-refractivity contribution is 7.88. The van der Waals surface area contributed by atoms with E-state index in [1.165, 1.54) is 6.26 Å². The van der Waals surface area contributed by atoms with Gasteiger partial charge in [-0.25, -0.2) is 13.1 Å². The molecular formula is C16H24N2O5S. The molecule has 1 aromatic heterocycles. The zero-order valence-corrected chi connectivity index (χ0v) is 14.7. The molecule has 2 saturated heterocycles. The second kappa shape index (κ2) is 6.85. The molecule has 1 amide bonds. The van der Waals surface area contributed by atoms with Crippen LogP contribution in [-0.4, -0.2) is 57.8 Å².